The van der Waals surface area contributed by atoms with Crippen LogP contribution in [0.25, 0.3) is 0 Å². The highest BCUT2D eigenvalue weighted by Gasteiger charge is 2.19. The summed E-state index contributed by atoms with van der Waals surface area (Å²) in [6.07, 6.45) is 2.35. The molecule has 1 aliphatic heterocycles. The van der Waals surface area contributed by atoms with E-state index in [1.165, 1.54) is 6.42 Å². The minimum absolute atomic E-state index is 0.147. The summed E-state index contributed by atoms with van der Waals surface area (Å²) in [6, 6.07) is 10.4. The highest BCUT2D eigenvalue weighted by molar-refractivity contribution is 5.91. The van der Waals surface area contributed by atoms with Gasteiger partial charge in [0, 0.05) is 30.5 Å². The number of ether oxygens (including phenoxy) is 1. The van der Waals surface area contributed by atoms with Crippen molar-refractivity contribution in [1.29, 1.82) is 5.26 Å². The van der Waals surface area contributed by atoms with Crippen LogP contribution in [0.15, 0.2) is 30.3 Å². The van der Waals surface area contributed by atoms with Crippen LogP contribution in [0.4, 0.5) is 11.6 Å². The molecule has 1 atom stereocenters. The molecule has 1 aromatic heterocycles. The van der Waals surface area contributed by atoms with Crippen LogP contribution >= 0.6 is 0 Å². The van der Waals surface area contributed by atoms with Gasteiger partial charge in [0.1, 0.15) is 0 Å². The number of hydrogen-bond donors (Lipinski definition) is 1. The number of nitrogens with zero attached hydrogens (tertiary/aromatic N) is 4. The average molecular weight is 365 g/mol. The Bertz CT molecular complexity index is 844. The number of nitriles is 1. The lowest BCUT2D eigenvalue weighted by molar-refractivity contribution is -0.118. The van der Waals surface area contributed by atoms with Gasteiger partial charge in [-0.1, -0.05) is 6.92 Å². The Hall–Kier alpha value is -3.14. The Morgan fingerprint density at radius 2 is 2.15 bits per heavy atom. The maximum absolute atomic E-state index is 12.1. The zero-order valence-corrected chi connectivity index (χ0v) is 15.6. The molecule has 1 aromatic carbocycles. The van der Waals surface area contributed by atoms with Crippen LogP contribution < -0.4 is 15.0 Å². The summed E-state index contributed by atoms with van der Waals surface area (Å²) in [7, 11) is 0. The molecule has 140 valence electrons. The Labute approximate surface area is 159 Å². The molecule has 2 heterocycles. The van der Waals surface area contributed by atoms with Gasteiger partial charge in [-0.05, 0) is 49.9 Å². The standard InChI is InChI=1S/C20H23N5O2/c1-14-4-3-9-25(12-14)20-22-15(2)10-19(24-20)27-13-18(26)23-17-7-5-16(11-21)6-8-17/h5-8,10,14H,3-4,9,12-13H2,1-2H3,(H,23,26)/t14-/m1/s1. The van der Waals surface area contributed by atoms with Crippen LogP contribution in [0.1, 0.15) is 31.0 Å². The summed E-state index contributed by atoms with van der Waals surface area (Å²) >= 11 is 0. The van der Waals surface area contributed by atoms with E-state index >= 15 is 0 Å². The van der Waals surface area contributed by atoms with E-state index in [2.05, 4.69) is 27.1 Å². The van der Waals surface area contributed by atoms with Gasteiger partial charge in [-0.3, -0.25) is 4.79 Å². The summed E-state index contributed by atoms with van der Waals surface area (Å²) in [4.78, 5) is 23.3. The molecule has 1 N–H and O–H groups in total. The maximum Gasteiger partial charge on any atom is 0.262 e. The molecular weight excluding hydrogens is 342 g/mol. The molecule has 1 amide bonds. The van der Waals surface area contributed by atoms with E-state index in [0.717, 1.165) is 25.2 Å². The smallest absolute Gasteiger partial charge is 0.262 e. The minimum Gasteiger partial charge on any atom is -0.467 e. The highest BCUT2D eigenvalue weighted by atomic mass is 16.5. The van der Waals surface area contributed by atoms with Crippen molar-refractivity contribution in [2.45, 2.75) is 26.7 Å². The highest BCUT2D eigenvalue weighted by Crippen LogP contribution is 2.22. The largest absolute Gasteiger partial charge is 0.467 e. The Kier molecular flexibility index (Phi) is 5.87. The number of anilines is 2. The fourth-order valence-electron chi connectivity index (χ4n) is 3.08. The molecule has 0 saturated carbocycles. The van der Waals surface area contributed by atoms with Gasteiger partial charge >= 0.3 is 0 Å². The molecule has 1 aliphatic rings. The molecule has 3 rings (SSSR count). The molecule has 1 saturated heterocycles. The van der Waals surface area contributed by atoms with Gasteiger partial charge in [0.15, 0.2) is 6.61 Å². The molecule has 0 aliphatic carbocycles. The normalized spacial score (nSPS) is 16.5. The molecule has 1 fully saturated rings. The number of carbonyl (C=O) groups excluding carboxylic acids is 1. The third kappa shape index (κ3) is 5.17. The van der Waals surface area contributed by atoms with Crippen molar-refractivity contribution in [2.24, 2.45) is 5.92 Å². The number of aromatic nitrogens is 2. The quantitative estimate of drug-likeness (QED) is 0.876. The summed E-state index contributed by atoms with van der Waals surface area (Å²) < 4.78 is 5.58. The van der Waals surface area contributed by atoms with E-state index in [1.54, 1.807) is 30.3 Å². The number of nitrogens with one attached hydrogen (secondary N) is 1. The lowest BCUT2D eigenvalue weighted by atomic mass is 10.0. The molecule has 7 heteroatoms. The molecular formula is C20H23N5O2. The SMILES string of the molecule is Cc1cc(OCC(=O)Nc2ccc(C#N)cc2)nc(N2CCC[C@@H](C)C2)n1. The summed E-state index contributed by atoms with van der Waals surface area (Å²) in [6.45, 7) is 5.84. The first kappa shape index (κ1) is 18.6. The third-order valence-corrected chi connectivity index (χ3v) is 4.41. The number of aryl methyl sites for hydroxylation is 1. The van der Waals surface area contributed by atoms with Gasteiger partial charge in [-0.25, -0.2) is 4.98 Å². The summed E-state index contributed by atoms with van der Waals surface area (Å²) in [5.74, 6) is 1.38. The molecule has 0 radical (unpaired) electrons. The Morgan fingerprint density at radius 1 is 1.37 bits per heavy atom. The van der Waals surface area contributed by atoms with Crippen molar-refractivity contribution < 1.29 is 9.53 Å². The van der Waals surface area contributed by atoms with Crippen LogP contribution in [0.5, 0.6) is 5.88 Å². The molecule has 7 nitrogen and oxygen atoms in total. The minimum atomic E-state index is -0.288. The van der Waals surface area contributed by atoms with E-state index in [9.17, 15) is 4.79 Å². The predicted molar refractivity (Wildman–Crippen MR) is 103 cm³/mol. The summed E-state index contributed by atoms with van der Waals surface area (Å²) in [5, 5.41) is 11.5. The van der Waals surface area contributed by atoms with E-state index in [1.807, 2.05) is 13.0 Å². The monoisotopic (exact) mass is 365 g/mol. The zero-order valence-electron chi connectivity index (χ0n) is 15.6. The fourth-order valence-corrected chi connectivity index (χ4v) is 3.08. The first-order valence-electron chi connectivity index (χ1n) is 9.07. The van der Waals surface area contributed by atoms with Crippen LogP contribution in [0.2, 0.25) is 0 Å². The van der Waals surface area contributed by atoms with Crippen molar-refractivity contribution in [3.05, 3.63) is 41.6 Å². The van der Waals surface area contributed by atoms with Crippen molar-refractivity contribution in [3.8, 4) is 11.9 Å². The van der Waals surface area contributed by atoms with Crippen molar-refractivity contribution in [2.75, 3.05) is 29.9 Å². The number of carbonyl (C=O) groups is 1. The second-order valence-corrected chi connectivity index (χ2v) is 6.87. The number of rotatable bonds is 5. The number of hydrogen-bond acceptors (Lipinski definition) is 6. The van der Waals surface area contributed by atoms with Gasteiger partial charge in [0.05, 0.1) is 11.6 Å². The van der Waals surface area contributed by atoms with E-state index < -0.39 is 0 Å². The van der Waals surface area contributed by atoms with Gasteiger partial charge in [0.25, 0.3) is 5.91 Å². The lowest BCUT2D eigenvalue weighted by Crippen LogP contribution is -2.35. The molecule has 0 unspecified atom stereocenters. The summed E-state index contributed by atoms with van der Waals surface area (Å²) in [5.41, 5.74) is 1.96. The number of amides is 1. The van der Waals surface area contributed by atoms with Crippen molar-refractivity contribution >= 4 is 17.5 Å². The predicted octanol–water partition coefficient (Wildman–Crippen LogP) is 2.91. The second kappa shape index (κ2) is 8.49. The first-order valence-corrected chi connectivity index (χ1v) is 9.07. The van der Waals surface area contributed by atoms with E-state index in [-0.39, 0.29) is 12.5 Å². The number of benzene rings is 1. The van der Waals surface area contributed by atoms with Crippen LogP contribution in [0, 0.1) is 24.2 Å². The van der Waals surface area contributed by atoms with E-state index in [4.69, 9.17) is 10.00 Å². The van der Waals surface area contributed by atoms with Crippen molar-refractivity contribution in [1.82, 2.24) is 9.97 Å². The van der Waals surface area contributed by atoms with Gasteiger partial charge in [-0.15, -0.1) is 0 Å². The van der Waals surface area contributed by atoms with Crippen LogP contribution in [-0.2, 0) is 4.79 Å². The Morgan fingerprint density at radius 3 is 2.85 bits per heavy atom. The molecule has 0 bridgehead atoms. The second-order valence-electron chi connectivity index (χ2n) is 6.87. The first-order chi connectivity index (χ1) is 13.0. The van der Waals surface area contributed by atoms with E-state index in [0.29, 0.717) is 29.0 Å². The topological polar surface area (TPSA) is 91.1 Å². The lowest BCUT2D eigenvalue weighted by Gasteiger charge is -2.31. The van der Waals surface area contributed by atoms with Gasteiger partial charge in [0.2, 0.25) is 11.8 Å². The molecule has 27 heavy (non-hydrogen) atoms. The fraction of sp³-hybridized carbons (Fsp3) is 0.400. The third-order valence-electron chi connectivity index (χ3n) is 4.41. The average Bonchev–Trinajstić information content (AvgIpc) is 2.66. The molecule has 2 aromatic rings. The maximum atomic E-state index is 12.1. The number of piperidine rings is 1. The van der Waals surface area contributed by atoms with Crippen molar-refractivity contribution in [3.63, 3.8) is 0 Å². The van der Waals surface area contributed by atoms with Crippen LogP contribution in [-0.4, -0.2) is 35.6 Å². The van der Waals surface area contributed by atoms with Gasteiger partial charge < -0.3 is 15.0 Å². The van der Waals surface area contributed by atoms with Crippen LogP contribution in [0.3, 0.4) is 0 Å². The zero-order chi connectivity index (χ0) is 19.2. The molecule has 0 spiro atoms. The van der Waals surface area contributed by atoms with Gasteiger partial charge in [-0.2, -0.15) is 10.2 Å². The Balaban J connectivity index is 1.60.